The summed E-state index contributed by atoms with van der Waals surface area (Å²) in [5, 5.41) is 9.86. The summed E-state index contributed by atoms with van der Waals surface area (Å²) in [6, 6.07) is 10.3. The molecule has 0 aliphatic carbocycles. The Labute approximate surface area is 225 Å². The first-order valence-electron chi connectivity index (χ1n) is 12.7. The van der Waals surface area contributed by atoms with Crippen LogP contribution in [0, 0.1) is 17.8 Å². The maximum Gasteiger partial charge on any atom is 0.247 e. The lowest BCUT2D eigenvalue weighted by molar-refractivity contribution is 0.0733. The standard InChI is InChI=1S/C28H37N3O6S/c1-20-15-31(21(2)18-32)38(33,34)28-11-9-22(7-6-12-29(3)4)13-26(28)37-27(20)17-30(5)16-23-8-10-24-25(14-23)36-19-35-24/h8-11,13-14,20-21,27,32H,12,15-19H2,1-5H3/t20-,21+,27+/m1/s1. The van der Waals surface area contributed by atoms with E-state index in [0.717, 1.165) is 17.1 Å². The van der Waals surface area contributed by atoms with Crippen molar-refractivity contribution in [1.82, 2.24) is 14.1 Å². The maximum absolute atomic E-state index is 13.7. The number of ether oxygens (including phenoxy) is 3. The summed E-state index contributed by atoms with van der Waals surface area (Å²) >= 11 is 0. The average Bonchev–Trinajstić information content (AvgIpc) is 3.33. The lowest BCUT2D eigenvalue weighted by Gasteiger charge is -2.37. The first-order valence-corrected chi connectivity index (χ1v) is 14.2. The third-order valence-corrected chi connectivity index (χ3v) is 8.70. The van der Waals surface area contributed by atoms with Crippen LogP contribution in [-0.2, 0) is 16.6 Å². The Morgan fingerprint density at radius 1 is 1.11 bits per heavy atom. The van der Waals surface area contributed by atoms with Gasteiger partial charge in [0, 0.05) is 37.2 Å². The second-order valence-corrected chi connectivity index (χ2v) is 12.2. The molecule has 2 aromatic rings. The molecule has 0 saturated heterocycles. The van der Waals surface area contributed by atoms with Crippen LogP contribution in [0.15, 0.2) is 41.3 Å². The minimum Gasteiger partial charge on any atom is -0.487 e. The Bertz CT molecular complexity index is 1300. The Morgan fingerprint density at radius 2 is 1.87 bits per heavy atom. The van der Waals surface area contributed by atoms with Gasteiger partial charge in [-0.05, 0) is 64.0 Å². The number of fused-ring (bicyclic) bond motifs is 2. The van der Waals surface area contributed by atoms with Crippen LogP contribution in [-0.4, -0.2) is 94.0 Å². The Kier molecular flexibility index (Phi) is 8.85. The fourth-order valence-corrected chi connectivity index (χ4v) is 6.37. The van der Waals surface area contributed by atoms with E-state index in [1.165, 1.54) is 4.31 Å². The van der Waals surface area contributed by atoms with Crippen molar-refractivity contribution in [3.05, 3.63) is 47.5 Å². The van der Waals surface area contributed by atoms with E-state index in [9.17, 15) is 13.5 Å². The molecule has 0 saturated carbocycles. The summed E-state index contributed by atoms with van der Waals surface area (Å²) < 4.78 is 46.1. The molecule has 1 N–H and O–H groups in total. The Hall–Kier alpha value is -2.81. The van der Waals surface area contributed by atoms with Gasteiger partial charge in [-0.1, -0.05) is 24.8 Å². The second-order valence-electron chi connectivity index (χ2n) is 10.3. The number of likely N-dealkylation sites (N-methyl/N-ethyl adjacent to an activating group) is 1. The van der Waals surface area contributed by atoms with Gasteiger partial charge in [-0.15, -0.1) is 0 Å². The summed E-state index contributed by atoms with van der Waals surface area (Å²) in [5.74, 6) is 7.81. The molecule has 206 valence electrons. The van der Waals surface area contributed by atoms with Gasteiger partial charge in [0.15, 0.2) is 11.5 Å². The van der Waals surface area contributed by atoms with Gasteiger partial charge in [-0.2, -0.15) is 4.31 Å². The highest BCUT2D eigenvalue weighted by molar-refractivity contribution is 7.89. The van der Waals surface area contributed by atoms with Crippen LogP contribution >= 0.6 is 0 Å². The molecule has 2 aliphatic rings. The van der Waals surface area contributed by atoms with Crippen molar-refractivity contribution in [3.63, 3.8) is 0 Å². The van der Waals surface area contributed by atoms with E-state index < -0.39 is 16.1 Å². The van der Waals surface area contributed by atoms with Crippen LogP contribution < -0.4 is 14.2 Å². The molecule has 38 heavy (non-hydrogen) atoms. The molecule has 2 aliphatic heterocycles. The predicted octanol–water partition coefficient (Wildman–Crippen LogP) is 2.23. The van der Waals surface area contributed by atoms with Crippen molar-refractivity contribution in [2.75, 3.05) is 54.2 Å². The highest BCUT2D eigenvalue weighted by Gasteiger charge is 2.38. The number of aliphatic hydroxyl groups is 1. The number of nitrogens with zero attached hydrogens (tertiary/aromatic N) is 3. The maximum atomic E-state index is 13.7. The van der Waals surface area contributed by atoms with Crippen molar-refractivity contribution in [1.29, 1.82) is 0 Å². The number of aliphatic hydroxyl groups excluding tert-OH is 1. The normalized spacial score (nSPS) is 21.2. The van der Waals surface area contributed by atoms with Crippen molar-refractivity contribution >= 4 is 10.0 Å². The molecule has 9 nitrogen and oxygen atoms in total. The zero-order chi connectivity index (χ0) is 27.4. The van der Waals surface area contributed by atoms with E-state index in [4.69, 9.17) is 14.2 Å². The molecule has 0 amide bonds. The largest absolute Gasteiger partial charge is 0.487 e. The van der Waals surface area contributed by atoms with E-state index in [0.29, 0.717) is 25.2 Å². The van der Waals surface area contributed by atoms with Crippen LogP contribution in [0.2, 0.25) is 0 Å². The van der Waals surface area contributed by atoms with E-state index in [1.807, 2.05) is 51.2 Å². The first kappa shape index (κ1) is 28.2. The smallest absolute Gasteiger partial charge is 0.247 e. The van der Waals surface area contributed by atoms with Crippen molar-refractivity contribution in [2.24, 2.45) is 5.92 Å². The number of benzene rings is 2. The average molecular weight is 544 g/mol. The molecule has 4 rings (SSSR count). The van der Waals surface area contributed by atoms with Gasteiger partial charge in [-0.25, -0.2) is 8.42 Å². The van der Waals surface area contributed by atoms with Crippen LogP contribution in [0.3, 0.4) is 0 Å². The van der Waals surface area contributed by atoms with E-state index in [-0.39, 0.29) is 42.6 Å². The molecular formula is C28H37N3O6S. The number of hydrogen-bond donors (Lipinski definition) is 1. The van der Waals surface area contributed by atoms with Crippen LogP contribution in [0.4, 0.5) is 0 Å². The van der Waals surface area contributed by atoms with Gasteiger partial charge in [-0.3, -0.25) is 9.80 Å². The third kappa shape index (κ3) is 6.42. The lowest BCUT2D eigenvalue weighted by atomic mass is 10.0. The molecule has 0 aromatic heterocycles. The minimum absolute atomic E-state index is 0.0892. The predicted molar refractivity (Wildman–Crippen MR) is 145 cm³/mol. The second kappa shape index (κ2) is 11.9. The quantitative estimate of drug-likeness (QED) is 0.532. The van der Waals surface area contributed by atoms with Gasteiger partial charge >= 0.3 is 0 Å². The molecule has 0 unspecified atom stereocenters. The molecular weight excluding hydrogens is 506 g/mol. The number of rotatable bonds is 7. The Balaban J connectivity index is 1.63. The molecule has 0 radical (unpaired) electrons. The molecule has 0 fully saturated rings. The third-order valence-electron chi connectivity index (χ3n) is 6.68. The lowest BCUT2D eigenvalue weighted by Crippen LogP contribution is -2.49. The van der Waals surface area contributed by atoms with Gasteiger partial charge in [0.05, 0.1) is 13.2 Å². The van der Waals surface area contributed by atoms with Gasteiger partial charge in [0.1, 0.15) is 16.7 Å². The van der Waals surface area contributed by atoms with Gasteiger partial charge < -0.3 is 19.3 Å². The number of hydrogen-bond acceptors (Lipinski definition) is 8. The van der Waals surface area contributed by atoms with Gasteiger partial charge in [0.25, 0.3) is 0 Å². The monoisotopic (exact) mass is 543 g/mol. The molecule has 3 atom stereocenters. The van der Waals surface area contributed by atoms with Crippen LogP contribution in [0.1, 0.15) is 25.0 Å². The highest BCUT2D eigenvalue weighted by Crippen LogP contribution is 2.35. The molecule has 0 bridgehead atoms. The van der Waals surface area contributed by atoms with Crippen molar-refractivity contribution in [3.8, 4) is 29.1 Å². The molecule has 2 heterocycles. The highest BCUT2D eigenvalue weighted by atomic mass is 32.2. The van der Waals surface area contributed by atoms with E-state index in [1.54, 1.807) is 25.1 Å². The molecule has 10 heteroatoms. The fourth-order valence-electron chi connectivity index (χ4n) is 4.54. The van der Waals surface area contributed by atoms with Crippen molar-refractivity contribution in [2.45, 2.75) is 37.4 Å². The van der Waals surface area contributed by atoms with E-state index >= 15 is 0 Å². The van der Waals surface area contributed by atoms with Crippen molar-refractivity contribution < 1.29 is 27.7 Å². The first-order chi connectivity index (χ1) is 18.1. The van der Waals surface area contributed by atoms with Crippen LogP contribution in [0.5, 0.6) is 17.2 Å². The fraction of sp³-hybridized carbons (Fsp3) is 0.500. The van der Waals surface area contributed by atoms with E-state index in [2.05, 4.69) is 16.7 Å². The van der Waals surface area contributed by atoms with Crippen LogP contribution in [0.25, 0.3) is 0 Å². The zero-order valence-corrected chi connectivity index (χ0v) is 23.5. The number of sulfonamides is 1. The molecule has 2 aromatic carbocycles. The zero-order valence-electron chi connectivity index (χ0n) is 22.7. The molecule has 0 spiro atoms. The summed E-state index contributed by atoms with van der Waals surface area (Å²) in [6.07, 6.45) is -0.304. The summed E-state index contributed by atoms with van der Waals surface area (Å²) in [6.45, 7) is 5.69. The topological polar surface area (TPSA) is 91.8 Å². The summed E-state index contributed by atoms with van der Waals surface area (Å²) in [7, 11) is 1.99. The SMILES string of the molecule is C[C@@H]1CN([C@@H](C)CO)S(=O)(=O)c2ccc(C#CCN(C)C)cc2O[C@H]1CN(C)Cc1ccc2c(c1)OCO2. The van der Waals surface area contributed by atoms with Gasteiger partial charge in [0.2, 0.25) is 16.8 Å². The summed E-state index contributed by atoms with van der Waals surface area (Å²) in [4.78, 5) is 4.20. The summed E-state index contributed by atoms with van der Waals surface area (Å²) in [5.41, 5.74) is 1.76. The minimum atomic E-state index is -3.89. The Morgan fingerprint density at radius 3 is 2.61 bits per heavy atom.